The number of rotatable bonds is 1. The Balaban J connectivity index is 2.83. The second-order valence-electron chi connectivity index (χ2n) is 2.95. The molecule has 0 radical (unpaired) electrons. The van der Waals surface area contributed by atoms with E-state index in [1.54, 1.807) is 12.2 Å². The maximum absolute atomic E-state index is 11.2. The SMILES string of the molecule is CC(C)=C/C=C1/C=CC=CC1=O. The van der Waals surface area contributed by atoms with Gasteiger partial charge >= 0.3 is 0 Å². The van der Waals surface area contributed by atoms with Gasteiger partial charge in [-0.3, -0.25) is 4.79 Å². The van der Waals surface area contributed by atoms with Gasteiger partial charge in [0.2, 0.25) is 0 Å². The molecular weight excluding hydrogens is 148 g/mol. The number of ketones is 1. The summed E-state index contributed by atoms with van der Waals surface area (Å²) in [5.74, 6) is 0.0787. The minimum absolute atomic E-state index is 0.0787. The normalized spacial score (nSPS) is 18.5. The molecule has 0 unspecified atom stereocenters. The van der Waals surface area contributed by atoms with Gasteiger partial charge in [-0.2, -0.15) is 0 Å². The van der Waals surface area contributed by atoms with Crippen LogP contribution in [-0.2, 0) is 4.79 Å². The second kappa shape index (κ2) is 3.86. The first-order valence-electron chi connectivity index (χ1n) is 3.94. The van der Waals surface area contributed by atoms with E-state index in [2.05, 4.69) is 0 Å². The molecule has 1 heteroatoms. The molecule has 0 aromatic rings. The quantitative estimate of drug-likeness (QED) is 0.539. The smallest absolute Gasteiger partial charge is 0.185 e. The van der Waals surface area contributed by atoms with E-state index in [1.807, 2.05) is 38.2 Å². The van der Waals surface area contributed by atoms with E-state index in [-0.39, 0.29) is 5.78 Å². The highest BCUT2D eigenvalue weighted by Crippen LogP contribution is 2.06. The lowest BCUT2D eigenvalue weighted by molar-refractivity contribution is -0.111. The fourth-order valence-corrected chi connectivity index (χ4v) is 0.875. The van der Waals surface area contributed by atoms with Crippen molar-refractivity contribution in [3.63, 3.8) is 0 Å². The van der Waals surface area contributed by atoms with Crippen molar-refractivity contribution in [2.45, 2.75) is 13.8 Å². The zero-order valence-corrected chi connectivity index (χ0v) is 7.37. The standard InChI is InChI=1S/C11H12O/c1-9(2)7-8-10-5-3-4-6-11(10)12/h3-8H,1-2H3/b10-8-. The van der Waals surface area contributed by atoms with Crippen LogP contribution in [0.15, 0.2) is 47.6 Å². The second-order valence-corrected chi connectivity index (χ2v) is 2.95. The van der Waals surface area contributed by atoms with Crippen LogP contribution >= 0.6 is 0 Å². The van der Waals surface area contributed by atoms with E-state index in [9.17, 15) is 4.79 Å². The number of carbonyl (C=O) groups excluding carboxylic acids is 1. The molecule has 0 aromatic carbocycles. The average molecular weight is 160 g/mol. The molecule has 0 bridgehead atoms. The lowest BCUT2D eigenvalue weighted by Gasteiger charge is -1.98. The van der Waals surface area contributed by atoms with Gasteiger partial charge in [-0.25, -0.2) is 0 Å². The lowest BCUT2D eigenvalue weighted by atomic mass is 10.1. The Morgan fingerprint density at radius 2 is 1.92 bits per heavy atom. The van der Waals surface area contributed by atoms with E-state index < -0.39 is 0 Å². The summed E-state index contributed by atoms with van der Waals surface area (Å²) in [5, 5.41) is 0. The van der Waals surface area contributed by atoms with Crippen molar-refractivity contribution in [2.24, 2.45) is 0 Å². The molecule has 1 aliphatic carbocycles. The van der Waals surface area contributed by atoms with Crippen molar-refractivity contribution in [3.8, 4) is 0 Å². The van der Waals surface area contributed by atoms with E-state index in [1.165, 1.54) is 5.57 Å². The summed E-state index contributed by atoms with van der Waals surface area (Å²) in [7, 11) is 0. The van der Waals surface area contributed by atoms with Crippen LogP contribution in [0.4, 0.5) is 0 Å². The van der Waals surface area contributed by atoms with Gasteiger partial charge in [-0.05, 0) is 19.9 Å². The Labute approximate surface area is 72.8 Å². The van der Waals surface area contributed by atoms with Gasteiger partial charge in [0.15, 0.2) is 5.78 Å². The molecule has 1 nitrogen and oxygen atoms in total. The fraction of sp³-hybridized carbons (Fsp3) is 0.182. The van der Waals surface area contributed by atoms with E-state index >= 15 is 0 Å². The van der Waals surface area contributed by atoms with Gasteiger partial charge in [0.1, 0.15) is 0 Å². The maximum atomic E-state index is 11.2. The molecule has 0 N–H and O–H groups in total. The van der Waals surface area contributed by atoms with Crippen LogP contribution in [0.5, 0.6) is 0 Å². The van der Waals surface area contributed by atoms with Gasteiger partial charge in [-0.1, -0.05) is 36.0 Å². The fourth-order valence-electron chi connectivity index (χ4n) is 0.875. The van der Waals surface area contributed by atoms with Crippen molar-refractivity contribution in [1.82, 2.24) is 0 Å². The summed E-state index contributed by atoms with van der Waals surface area (Å²) in [6.45, 7) is 4.01. The predicted molar refractivity (Wildman–Crippen MR) is 50.8 cm³/mol. The molecule has 1 aliphatic rings. The number of carbonyl (C=O) groups is 1. The van der Waals surface area contributed by atoms with Crippen molar-refractivity contribution in [3.05, 3.63) is 47.6 Å². The number of allylic oxidation sites excluding steroid dienone is 8. The summed E-state index contributed by atoms with van der Waals surface area (Å²) in [6.07, 6.45) is 10.8. The zero-order chi connectivity index (χ0) is 8.97. The summed E-state index contributed by atoms with van der Waals surface area (Å²) in [5.41, 5.74) is 1.94. The lowest BCUT2D eigenvalue weighted by Crippen LogP contribution is -1.97. The van der Waals surface area contributed by atoms with Crippen LogP contribution in [0.1, 0.15) is 13.8 Å². The third kappa shape index (κ3) is 2.35. The van der Waals surface area contributed by atoms with Gasteiger partial charge in [0, 0.05) is 5.57 Å². The first-order chi connectivity index (χ1) is 5.70. The number of hydrogen-bond donors (Lipinski definition) is 0. The molecule has 0 saturated carbocycles. The van der Waals surface area contributed by atoms with Crippen LogP contribution in [0.3, 0.4) is 0 Å². The Morgan fingerprint density at radius 3 is 2.50 bits per heavy atom. The third-order valence-corrected chi connectivity index (χ3v) is 1.52. The molecule has 0 spiro atoms. The van der Waals surface area contributed by atoms with Crippen LogP contribution in [0.25, 0.3) is 0 Å². The van der Waals surface area contributed by atoms with Gasteiger partial charge in [0.25, 0.3) is 0 Å². The van der Waals surface area contributed by atoms with Crippen LogP contribution in [0.2, 0.25) is 0 Å². The molecular formula is C11H12O. The van der Waals surface area contributed by atoms with Crippen molar-refractivity contribution in [1.29, 1.82) is 0 Å². The summed E-state index contributed by atoms with van der Waals surface area (Å²) >= 11 is 0. The van der Waals surface area contributed by atoms with Crippen LogP contribution in [0, 0.1) is 0 Å². The Bertz CT molecular complexity index is 297. The van der Waals surface area contributed by atoms with Gasteiger partial charge in [0.05, 0.1) is 0 Å². The third-order valence-electron chi connectivity index (χ3n) is 1.52. The Kier molecular flexibility index (Phi) is 2.81. The summed E-state index contributed by atoms with van der Waals surface area (Å²) in [6, 6.07) is 0. The topological polar surface area (TPSA) is 17.1 Å². The summed E-state index contributed by atoms with van der Waals surface area (Å²) in [4.78, 5) is 11.2. The molecule has 12 heavy (non-hydrogen) atoms. The van der Waals surface area contributed by atoms with Crippen molar-refractivity contribution >= 4 is 5.78 Å². The average Bonchev–Trinajstić information content (AvgIpc) is 2.03. The maximum Gasteiger partial charge on any atom is 0.185 e. The molecule has 1 rings (SSSR count). The largest absolute Gasteiger partial charge is 0.289 e. The van der Waals surface area contributed by atoms with E-state index in [4.69, 9.17) is 0 Å². The molecule has 0 heterocycles. The van der Waals surface area contributed by atoms with Crippen molar-refractivity contribution < 1.29 is 4.79 Å². The highest BCUT2D eigenvalue weighted by Gasteiger charge is 2.02. The molecule has 0 amide bonds. The molecule has 0 atom stereocenters. The minimum Gasteiger partial charge on any atom is -0.289 e. The molecule has 0 aromatic heterocycles. The van der Waals surface area contributed by atoms with Gasteiger partial charge < -0.3 is 0 Å². The van der Waals surface area contributed by atoms with E-state index in [0.717, 1.165) is 5.57 Å². The van der Waals surface area contributed by atoms with Crippen LogP contribution in [-0.4, -0.2) is 5.78 Å². The number of hydrogen-bond acceptors (Lipinski definition) is 1. The van der Waals surface area contributed by atoms with Gasteiger partial charge in [-0.15, -0.1) is 0 Å². The van der Waals surface area contributed by atoms with E-state index in [0.29, 0.717) is 0 Å². The van der Waals surface area contributed by atoms with Crippen LogP contribution < -0.4 is 0 Å². The summed E-state index contributed by atoms with van der Waals surface area (Å²) < 4.78 is 0. The minimum atomic E-state index is 0.0787. The monoisotopic (exact) mass is 160 g/mol. The highest BCUT2D eigenvalue weighted by atomic mass is 16.1. The first kappa shape index (κ1) is 8.72. The zero-order valence-electron chi connectivity index (χ0n) is 7.37. The van der Waals surface area contributed by atoms with Crippen molar-refractivity contribution in [2.75, 3.05) is 0 Å². The predicted octanol–water partition coefficient (Wildman–Crippen LogP) is 2.57. The Morgan fingerprint density at radius 1 is 1.25 bits per heavy atom. The molecule has 0 saturated heterocycles. The molecule has 0 fully saturated rings. The first-order valence-corrected chi connectivity index (χ1v) is 3.94. The Hall–Kier alpha value is -1.37. The molecule has 0 aliphatic heterocycles. The highest BCUT2D eigenvalue weighted by molar-refractivity contribution is 6.07. The molecule has 62 valence electrons.